The number of azide groups is 2. The summed E-state index contributed by atoms with van der Waals surface area (Å²) < 4.78 is 63.4. The predicted molar refractivity (Wildman–Crippen MR) is 278 cm³/mol. The number of nitrogens with zero attached hydrogens (tertiary/aromatic N) is 12. The zero-order valence-corrected chi connectivity index (χ0v) is 43.6. The van der Waals surface area contributed by atoms with E-state index in [9.17, 15) is 24.7 Å². The Balaban J connectivity index is 0.785. The molecule has 418 valence electrons. The first-order valence-corrected chi connectivity index (χ1v) is 25.6. The third kappa shape index (κ3) is 16.0. The molecule has 0 N–H and O–H groups in total. The van der Waals surface area contributed by atoms with Crippen LogP contribution < -0.4 is 0 Å². The summed E-state index contributed by atoms with van der Waals surface area (Å²) in [5.74, 6) is -3.95. The summed E-state index contributed by atoms with van der Waals surface area (Å²) in [5.41, 5.74) is 20.3. The van der Waals surface area contributed by atoms with Crippen molar-refractivity contribution in [3.05, 3.63) is 188 Å². The van der Waals surface area contributed by atoms with Gasteiger partial charge in [0.1, 0.15) is 29.7 Å². The lowest BCUT2D eigenvalue weighted by atomic mass is 9.90. The number of aromatic nitrogens is 6. The predicted octanol–water partition coefficient (Wildman–Crippen LogP) is 6.88. The van der Waals surface area contributed by atoms with Crippen molar-refractivity contribution in [2.45, 2.75) is 89.4 Å². The Labute approximate surface area is 458 Å². The summed E-state index contributed by atoms with van der Waals surface area (Å²) in [5, 5.41) is 24.1. The monoisotopic (exact) mass is 1100 g/mol. The van der Waals surface area contributed by atoms with Gasteiger partial charge in [-0.15, -0.1) is 10.2 Å². The van der Waals surface area contributed by atoms with Gasteiger partial charge in [-0.1, -0.05) is 107 Å². The van der Waals surface area contributed by atoms with Gasteiger partial charge in [0, 0.05) is 21.7 Å². The van der Waals surface area contributed by atoms with E-state index >= 15 is 0 Å². The third-order valence-corrected chi connectivity index (χ3v) is 12.9. The van der Waals surface area contributed by atoms with Crippen molar-refractivity contribution < 1.29 is 66.5 Å². The molecule has 10 atom stereocenters. The highest BCUT2D eigenvalue weighted by Crippen LogP contribution is 2.35. The zero-order chi connectivity index (χ0) is 56.1. The Bertz CT molecular complexity index is 3040. The quantitative estimate of drug-likeness (QED) is 0.0127. The lowest BCUT2D eigenvalue weighted by Crippen LogP contribution is -2.58. The van der Waals surface area contributed by atoms with Gasteiger partial charge in [-0.3, -0.25) is 0 Å². The molecule has 4 heterocycles. The van der Waals surface area contributed by atoms with Crippen LogP contribution in [0.1, 0.15) is 66.7 Å². The van der Waals surface area contributed by atoms with E-state index in [1.165, 1.54) is 0 Å². The number of hydrogen-bond donors (Lipinski definition) is 0. The summed E-state index contributed by atoms with van der Waals surface area (Å²) in [6.45, 7) is 4.77. The van der Waals surface area contributed by atoms with Crippen molar-refractivity contribution in [1.29, 1.82) is 0 Å². The van der Waals surface area contributed by atoms with E-state index in [4.69, 9.17) is 52.9 Å². The highest BCUT2D eigenvalue weighted by atomic mass is 16.7. The molecule has 0 spiro atoms. The number of rotatable bonds is 27. The van der Waals surface area contributed by atoms with Crippen LogP contribution in [0.2, 0.25) is 0 Å². The summed E-state index contributed by atoms with van der Waals surface area (Å²) in [7, 11) is 0. The van der Waals surface area contributed by atoms with E-state index in [0.29, 0.717) is 31.1 Å². The minimum Gasteiger partial charge on any atom is -0.454 e. The Morgan fingerprint density at radius 1 is 0.500 bits per heavy atom. The van der Waals surface area contributed by atoms with E-state index in [-0.39, 0.29) is 68.4 Å². The first-order valence-electron chi connectivity index (χ1n) is 25.6. The van der Waals surface area contributed by atoms with Gasteiger partial charge in [-0.25, -0.2) is 28.5 Å². The van der Waals surface area contributed by atoms with E-state index in [2.05, 4.69) is 40.7 Å². The van der Waals surface area contributed by atoms with Crippen molar-refractivity contribution in [2.75, 3.05) is 39.5 Å². The highest BCUT2D eigenvalue weighted by molar-refractivity contribution is 5.91. The molecular weight excluding hydrogens is 1040 g/mol. The van der Waals surface area contributed by atoms with Crippen molar-refractivity contribution >= 4 is 23.9 Å². The van der Waals surface area contributed by atoms with E-state index in [1.54, 1.807) is 157 Å². The van der Waals surface area contributed by atoms with Gasteiger partial charge < -0.3 is 47.4 Å². The molecule has 2 aliphatic rings. The van der Waals surface area contributed by atoms with Crippen molar-refractivity contribution in [3.63, 3.8) is 0 Å². The zero-order valence-electron chi connectivity index (χ0n) is 43.6. The van der Waals surface area contributed by atoms with Crippen LogP contribution in [0.4, 0.5) is 0 Å². The van der Waals surface area contributed by atoms with Gasteiger partial charge in [0.2, 0.25) is 0 Å². The molecule has 2 aromatic heterocycles. The van der Waals surface area contributed by atoms with Crippen LogP contribution in [0.25, 0.3) is 20.9 Å². The van der Waals surface area contributed by atoms with Crippen molar-refractivity contribution in [2.24, 2.45) is 22.1 Å². The second-order valence-electron chi connectivity index (χ2n) is 18.4. The fraction of sp³-hybridized carbons (Fsp3) is 0.407. The lowest BCUT2D eigenvalue weighted by Gasteiger charge is -2.44. The van der Waals surface area contributed by atoms with Gasteiger partial charge in [0.25, 0.3) is 0 Å². The van der Waals surface area contributed by atoms with Gasteiger partial charge in [0.15, 0.2) is 24.8 Å². The molecule has 2 aliphatic heterocycles. The molecule has 0 bridgehead atoms. The lowest BCUT2D eigenvalue weighted by molar-refractivity contribution is -0.283. The molecule has 0 radical (unpaired) electrons. The number of esters is 4. The summed E-state index contributed by atoms with van der Waals surface area (Å²) in [6.07, 6.45) is -5.29. The summed E-state index contributed by atoms with van der Waals surface area (Å²) >= 11 is 0. The second kappa shape index (κ2) is 29.4. The first kappa shape index (κ1) is 57.6. The molecule has 6 aromatic rings. The van der Waals surface area contributed by atoms with Gasteiger partial charge in [0.05, 0.1) is 107 Å². The normalized spacial score (nSPS) is 22.4. The molecule has 8 rings (SSSR count). The number of carbonyl (C=O) groups excluding carboxylic acids is 4. The molecule has 2 saturated heterocycles. The minimum absolute atomic E-state index is 0.0533. The standard InChI is InChI=1S/C54H58N12O14/c1-35-43(29-57-61-55)75-54(48(80-52(70)40-21-13-6-14-22-40)45(35)77-49(67)37-15-7-3-8-16-37)74-34-42-32-66(64-60-42)24-26-72-28-27-71-25-23-65-31-41(59-63-65)33-73-53-36(2)46(78-50(68)38-17-9-4-10-18-38)47(44(76-53)30-58-62-56)79-51(69)39-19-11-5-12-20-39/h3-22,31-32,35-36,43-48,53-54H,23-30,33-34H2,1-2H3/t35?,36-,43+,44+,45-,46+,47?,48-,53+,54+/m0/s1. The van der Waals surface area contributed by atoms with Crippen LogP contribution in [-0.2, 0) is 73.7 Å². The Morgan fingerprint density at radius 2 is 0.875 bits per heavy atom. The van der Waals surface area contributed by atoms with Crippen LogP contribution in [0.5, 0.6) is 0 Å². The topological polar surface area (TPSA) is 320 Å². The van der Waals surface area contributed by atoms with E-state index in [0.717, 1.165) is 0 Å². The Kier molecular flexibility index (Phi) is 21.2. The molecule has 4 aromatic carbocycles. The molecule has 0 amide bonds. The maximum Gasteiger partial charge on any atom is 0.338 e. The maximum atomic E-state index is 13.4. The Morgan fingerprint density at radius 3 is 1.31 bits per heavy atom. The molecule has 2 unspecified atom stereocenters. The fourth-order valence-corrected chi connectivity index (χ4v) is 8.67. The number of ether oxygens (including phenoxy) is 10. The van der Waals surface area contributed by atoms with Crippen molar-refractivity contribution in [1.82, 2.24) is 30.0 Å². The molecule has 0 aliphatic carbocycles. The number of hydrogen-bond acceptors (Lipinski definition) is 20. The second-order valence-corrected chi connectivity index (χ2v) is 18.4. The first-order chi connectivity index (χ1) is 39.1. The van der Waals surface area contributed by atoms with Crippen LogP contribution in [0, 0.1) is 11.8 Å². The maximum absolute atomic E-state index is 13.4. The number of benzene rings is 4. The van der Waals surface area contributed by atoms with Crippen LogP contribution >= 0.6 is 0 Å². The Hall–Kier alpha value is -8.58. The average molecular weight is 1100 g/mol. The molecule has 26 heteroatoms. The molecule has 2 fully saturated rings. The molecule has 80 heavy (non-hydrogen) atoms. The van der Waals surface area contributed by atoms with E-state index in [1.807, 2.05) is 0 Å². The smallest absolute Gasteiger partial charge is 0.338 e. The largest absolute Gasteiger partial charge is 0.454 e. The average Bonchev–Trinajstić information content (AvgIpc) is 4.19. The van der Waals surface area contributed by atoms with Gasteiger partial charge >= 0.3 is 23.9 Å². The summed E-state index contributed by atoms with van der Waals surface area (Å²) in [6, 6.07) is 33.4. The fourth-order valence-electron chi connectivity index (χ4n) is 8.67. The molecular formula is C54H58N12O14. The van der Waals surface area contributed by atoms with Crippen LogP contribution in [0.15, 0.2) is 144 Å². The van der Waals surface area contributed by atoms with E-state index < -0.39 is 84.9 Å². The van der Waals surface area contributed by atoms with Crippen LogP contribution in [0.3, 0.4) is 0 Å². The molecule has 0 saturated carbocycles. The summed E-state index contributed by atoms with van der Waals surface area (Å²) in [4.78, 5) is 59.2. The minimum atomic E-state index is -1.27. The van der Waals surface area contributed by atoms with Crippen LogP contribution in [-0.4, -0.2) is 143 Å². The van der Waals surface area contributed by atoms with Gasteiger partial charge in [-0.05, 0) is 59.6 Å². The molecule has 26 nitrogen and oxygen atoms in total. The SMILES string of the molecule is CC1[C@@H](CN=[N+]=[N-])O[C@@H](OCc2cn(CCOCCOCCn3cc(CO[C@@H]4O[C@H](CN=[N+]=[N-])C(OC(=O)c5ccccc5)[C@H](OC(=O)c5ccccc5)[C@@H]4C)nn3)nn2)[C@@H](OC(=O)c2ccccc2)[C@H]1OC(=O)c1ccccc1. The van der Waals surface area contributed by atoms with Crippen molar-refractivity contribution in [3.8, 4) is 0 Å². The third-order valence-electron chi connectivity index (χ3n) is 12.9. The highest BCUT2D eigenvalue weighted by Gasteiger charge is 2.50. The van der Waals surface area contributed by atoms with Gasteiger partial charge in [-0.2, -0.15) is 0 Å². The number of carbonyl (C=O) groups is 4.